The fraction of sp³-hybridized carbons (Fsp3) is 0.579. The van der Waals surface area contributed by atoms with Crippen LogP contribution in [0.1, 0.15) is 57.1 Å². The lowest BCUT2D eigenvalue weighted by atomic mass is 9.92. The van der Waals surface area contributed by atoms with Gasteiger partial charge in [-0.1, -0.05) is 44.7 Å². The maximum Gasteiger partial charge on any atom is 0.119 e. The zero-order valence-electron chi connectivity index (χ0n) is 13.9. The molecule has 0 unspecified atom stereocenters. The molecule has 0 saturated heterocycles. The molecule has 1 aromatic rings. The topological polar surface area (TPSA) is 55.5 Å². The number of aliphatic hydroxyl groups excluding tert-OH is 1. The summed E-state index contributed by atoms with van der Waals surface area (Å²) in [6.45, 7) is 4.85. The molecule has 0 amide bonds. The van der Waals surface area contributed by atoms with Crippen molar-refractivity contribution >= 4 is 6.08 Å². The lowest BCUT2D eigenvalue weighted by Crippen LogP contribution is -2.42. The van der Waals surface area contributed by atoms with Crippen LogP contribution in [-0.2, 0) is 6.42 Å². The van der Waals surface area contributed by atoms with Crippen molar-refractivity contribution in [2.75, 3.05) is 13.2 Å². The SMILES string of the molecule is CCCCCCCOc1ccc2c(c1)C=C([C@](C)(N)CO)C2. The van der Waals surface area contributed by atoms with Crippen LogP contribution in [0.4, 0.5) is 0 Å². The minimum Gasteiger partial charge on any atom is -0.494 e. The van der Waals surface area contributed by atoms with Gasteiger partial charge in [0, 0.05) is 0 Å². The monoisotopic (exact) mass is 303 g/mol. The van der Waals surface area contributed by atoms with E-state index in [-0.39, 0.29) is 6.61 Å². The molecule has 0 aliphatic heterocycles. The summed E-state index contributed by atoms with van der Waals surface area (Å²) in [5.74, 6) is 0.925. The molecule has 0 bridgehead atoms. The summed E-state index contributed by atoms with van der Waals surface area (Å²) < 4.78 is 5.85. The number of benzene rings is 1. The Morgan fingerprint density at radius 2 is 2.00 bits per heavy atom. The molecule has 0 aromatic heterocycles. The highest BCUT2D eigenvalue weighted by atomic mass is 16.5. The summed E-state index contributed by atoms with van der Waals surface area (Å²) in [5, 5.41) is 9.40. The molecule has 3 heteroatoms. The molecule has 3 nitrogen and oxygen atoms in total. The van der Waals surface area contributed by atoms with Crippen molar-refractivity contribution in [3.8, 4) is 5.75 Å². The average molecular weight is 303 g/mol. The molecule has 1 aliphatic carbocycles. The number of rotatable bonds is 9. The van der Waals surface area contributed by atoms with Gasteiger partial charge in [-0.25, -0.2) is 0 Å². The third kappa shape index (κ3) is 4.34. The smallest absolute Gasteiger partial charge is 0.119 e. The highest BCUT2D eigenvalue weighted by Crippen LogP contribution is 2.32. The van der Waals surface area contributed by atoms with E-state index in [0.29, 0.717) is 0 Å². The number of unbranched alkanes of at least 4 members (excludes halogenated alkanes) is 4. The Morgan fingerprint density at radius 3 is 2.73 bits per heavy atom. The first-order valence-corrected chi connectivity index (χ1v) is 8.43. The van der Waals surface area contributed by atoms with E-state index in [2.05, 4.69) is 25.1 Å². The quantitative estimate of drug-likeness (QED) is 0.684. The molecular formula is C19H29NO2. The summed E-state index contributed by atoms with van der Waals surface area (Å²) in [7, 11) is 0. The molecule has 22 heavy (non-hydrogen) atoms. The van der Waals surface area contributed by atoms with Crippen LogP contribution in [-0.4, -0.2) is 23.9 Å². The van der Waals surface area contributed by atoms with E-state index in [1.165, 1.54) is 36.8 Å². The largest absolute Gasteiger partial charge is 0.494 e. The van der Waals surface area contributed by atoms with Crippen molar-refractivity contribution in [3.05, 3.63) is 34.9 Å². The van der Waals surface area contributed by atoms with Crippen LogP contribution in [0.25, 0.3) is 6.08 Å². The highest BCUT2D eigenvalue weighted by Gasteiger charge is 2.27. The van der Waals surface area contributed by atoms with E-state index in [4.69, 9.17) is 10.5 Å². The first-order valence-electron chi connectivity index (χ1n) is 8.43. The van der Waals surface area contributed by atoms with E-state index in [1.54, 1.807) is 0 Å². The summed E-state index contributed by atoms with van der Waals surface area (Å²) in [5.41, 5.74) is 9.00. The summed E-state index contributed by atoms with van der Waals surface area (Å²) in [4.78, 5) is 0. The molecule has 0 saturated carbocycles. The number of nitrogens with two attached hydrogens (primary N) is 1. The number of aliphatic hydroxyl groups is 1. The molecule has 2 rings (SSSR count). The van der Waals surface area contributed by atoms with Gasteiger partial charge in [0.25, 0.3) is 0 Å². The van der Waals surface area contributed by atoms with Gasteiger partial charge in [-0.3, -0.25) is 0 Å². The van der Waals surface area contributed by atoms with E-state index < -0.39 is 5.54 Å². The Labute approximate surface area is 134 Å². The maximum absolute atomic E-state index is 9.40. The normalized spacial score (nSPS) is 16.1. The van der Waals surface area contributed by atoms with E-state index in [9.17, 15) is 5.11 Å². The molecule has 0 heterocycles. The second kappa shape index (κ2) is 7.80. The van der Waals surface area contributed by atoms with Crippen LogP contribution >= 0.6 is 0 Å². The molecule has 122 valence electrons. The lowest BCUT2D eigenvalue weighted by Gasteiger charge is -2.23. The Kier molecular flexibility index (Phi) is 6.04. The Balaban J connectivity index is 1.89. The van der Waals surface area contributed by atoms with Crippen LogP contribution < -0.4 is 10.5 Å². The summed E-state index contributed by atoms with van der Waals surface area (Å²) in [6, 6.07) is 6.23. The Morgan fingerprint density at radius 1 is 1.23 bits per heavy atom. The van der Waals surface area contributed by atoms with Gasteiger partial charge in [0.1, 0.15) is 5.75 Å². The minimum atomic E-state index is -0.640. The zero-order valence-corrected chi connectivity index (χ0v) is 13.9. The van der Waals surface area contributed by atoms with Crippen LogP contribution in [0.2, 0.25) is 0 Å². The third-order valence-corrected chi connectivity index (χ3v) is 4.41. The maximum atomic E-state index is 9.40. The molecule has 1 aliphatic rings. The molecule has 1 atom stereocenters. The fourth-order valence-corrected chi connectivity index (χ4v) is 2.77. The minimum absolute atomic E-state index is 0.0338. The fourth-order valence-electron chi connectivity index (χ4n) is 2.77. The Bertz CT molecular complexity index is 520. The van der Waals surface area contributed by atoms with Gasteiger partial charge in [0.2, 0.25) is 0 Å². The number of ether oxygens (including phenoxy) is 1. The van der Waals surface area contributed by atoms with Gasteiger partial charge < -0.3 is 15.6 Å². The Hall–Kier alpha value is -1.32. The molecule has 0 radical (unpaired) electrons. The number of fused-ring (bicyclic) bond motifs is 1. The van der Waals surface area contributed by atoms with E-state index in [0.717, 1.165) is 30.8 Å². The van der Waals surface area contributed by atoms with Crippen molar-refractivity contribution < 1.29 is 9.84 Å². The highest BCUT2D eigenvalue weighted by molar-refractivity contribution is 5.67. The van der Waals surface area contributed by atoms with Crippen LogP contribution in [0, 0.1) is 0 Å². The molecule has 3 N–H and O–H groups in total. The van der Waals surface area contributed by atoms with Crippen molar-refractivity contribution in [1.82, 2.24) is 0 Å². The first-order chi connectivity index (χ1) is 10.6. The molecule has 0 fully saturated rings. The van der Waals surface area contributed by atoms with Gasteiger partial charge in [0.05, 0.1) is 18.8 Å². The van der Waals surface area contributed by atoms with Crippen LogP contribution in [0.5, 0.6) is 5.75 Å². The number of hydrogen-bond acceptors (Lipinski definition) is 3. The van der Waals surface area contributed by atoms with Gasteiger partial charge in [-0.05, 0) is 48.6 Å². The standard InChI is InChI=1S/C19H29NO2/c1-3-4-5-6-7-10-22-18-9-8-15-11-17(12-16(15)13-18)19(2,20)14-21/h8-9,12-13,21H,3-7,10-11,14,20H2,1-2H3/t19-/m1/s1. The lowest BCUT2D eigenvalue weighted by molar-refractivity contribution is 0.230. The van der Waals surface area contributed by atoms with Crippen molar-refractivity contribution in [2.45, 2.75) is 57.9 Å². The second-order valence-electron chi connectivity index (χ2n) is 6.55. The van der Waals surface area contributed by atoms with Crippen molar-refractivity contribution in [2.24, 2.45) is 5.73 Å². The summed E-state index contributed by atoms with van der Waals surface area (Å²) in [6.07, 6.45) is 9.16. The van der Waals surface area contributed by atoms with Crippen LogP contribution in [0.15, 0.2) is 23.8 Å². The molecule has 1 aromatic carbocycles. The predicted octanol–water partition coefficient (Wildman–Crippen LogP) is 3.69. The van der Waals surface area contributed by atoms with Gasteiger partial charge in [-0.15, -0.1) is 0 Å². The first kappa shape index (κ1) is 17.0. The van der Waals surface area contributed by atoms with Crippen LogP contribution in [0.3, 0.4) is 0 Å². The van der Waals surface area contributed by atoms with Gasteiger partial charge >= 0.3 is 0 Å². The number of hydrogen-bond donors (Lipinski definition) is 2. The third-order valence-electron chi connectivity index (χ3n) is 4.41. The molecule has 0 spiro atoms. The van der Waals surface area contributed by atoms with E-state index >= 15 is 0 Å². The molecular weight excluding hydrogens is 274 g/mol. The summed E-state index contributed by atoms with van der Waals surface area (Å²) >= 11 is 0. The van der Waals surface area contributed by atoms with Crippen molar-refractivity contribution in [1.29, 1.82) is 0 Å². The van der Waals surface area contributed by atoms with Crippen molar-refractivity contribution in [3.63, 3.8) is 0 Å². The van der Waals surface area contributed by atoms with Gasteiger partial charge in [-0.2, -0.15) is 0 Å². The zero-order chi connectivity index (χ0) is 16.0. The second-order valence-corrected chi connectivity index (χ2v) is 6.55. The predicted molar refractivity (Wildman–Crippen MR) is 92.1 cm³/mol. The van der Waals surface area contributed by atoms with Gasteiger partial charge in [0.15, 0.2) is 0 Å². The average Bonchev–Trinajstić information content (AvgIpc) is 2.95. The van der Waals surface area contributed by atoms with E-state index in [1.807, 2.05) is 13.0 Å².